The van der Waals surface area contributed by atoms with Crippen LogP contribution < -0.4 is 0 Å². The second-order valence-electron chi connectivity index (χ2n) is 3.59. The summed E-state index contributed by atoms with van der Waals surface area (Å²) in [5.74, 6) is 0. The van der Waals surface area contributed by atoms with Gasteiger partial charge in [0.15, 0.2) is 6.29 Å². The zero-order valence-electron chi connectivity index (χ0n) is 8.32. The van der Waals surface area contributed by atoms with E-state index in [-0.39, 0.29) is 6.29 Å². The maximum atomic E-state index is 5.65. The van der Waals surface area contributed by atoms with Gasteiger partial charge in [-0.05, 0) is 24.8 Å². The van der Waals surface area contributed by atoms with E-state index in [4.69, 9.17) is 9.47 Å². The van der Waals surface area contributed by atoms with Crippen molar-refractivity contribution in [2.24, 2.45) is 0 Å². The molecule has 1 fully saturated rings. The number of rotatable bonds is 3. The SMILES string of the molecule is c1ccc(CO[C@H]2CCCCO2)cc1. The maximum Gasteiger partial charge on any atom is 0.158 e. The molecule has 0 aromatic heterocycles. The molecule has 0 bridgehead atoms. The van der Waals surface area contributed by atoms with Gasteiger partial charge in [-0.25, -0.2) is 0 Å². The first-order valence-corrected chi connectivity index (χ1v) is 5.22. The van der Waals surface area contributed by atoms with Gasteiger partial charge < -0.3 is 9.47 Å². The molecule has 1 aromatic rings. The molecule has 2 heteroatoms. The molecule has 1 aromatic carbocycles. The fraction of sp³-hybridized carbons (Fsp3) is 0.500. The van der Waals surface area contributed by atoms with Crippen LogP contribution in [0.2, 0.25) is 0 Å². The summed E-state index contributed by atoms with van der Waals surface area (Å²) in [4.78, 5) is 0. The van der Waals surface area contributed by atoms with Crippen LogP contribution in [0.25, 0.3) is 0 Å². The summed E-state index contributed by atoms with van der Waals surface area (Å²) in [6.07, 6.45) is 3.45. The van der Waals surface area contributed by atoms with Gasteiger partial charge >= 0.3 is 0 Å². The molecule has 1 atom stereocenters. The van der Waals surface area contributed by atoms with E-state index in [1.165, 1.54) is 18.4 Å². The predicted molar refractivity (Wildman–Crippen MR) is 54.8 cm³/mol. The van der Waals surface area contributed by atoms with Gasteiger partial charge in [0, 0.05) is 6.61 Å². The minimum absolute atomic E-state index is 0.0176. The van der Waals surface area contributed by atoms with E-state index in [0.717, 1.165) is 13.0 Å². The van der Waals surface area contributed by atoms with Crippen molar-refractivity contribution < 1.29 is 9.47 Å². The lowest BCUT2D eigenvalue weighted by Gasteiger charge is -2.22. The molecule has 0 unspecified atom stereocenters. The van der Waals surface area contributed by atoms with E-state index >= 15 is 0 Å². The summed E-state index contributed by atoms with van der Waals surface area (Å²) in [5.41, 5.74) is 1.21. The van der Waals surface area contributed by atoms with Crippen molar-refractivity contribution in [2.45, 2.75) is 32.2 Å². The monoisotopic (exact) mass is 192 g/mol. The highest BCUT2D eigenvalue weighted by atomic mass is 16.7. The van der Waals surface area contributed by atoms with E-state index in [1.54, 1.807) is 0 Å². The van der Waals surface area contributed by atoms with Crippen molar-refractivity contribution in [3.8, 4) is 0 Å². The molecular weight excluding hydrogens is 176 g/mol. The third-order valence-electron chi connectivity index (χ3n) is 2.42. The largest absolute Gasteiger partial charge is 0.353 e. The normalized spacial score (nSPS) is 22.1. The first-order chi connectivity index (χ1) is 6.95. The smallest absolute Gasteiger partial charge is 0.158 e. The lowest BCUT2D eigenvalue weighted by molar-refractivity contribution is -0.168. The van der Waals surface area contributed by atoms with Crippen LogP contribution >= 0.6 is 0 Å². The van der Waals surface area contributed by atoms with E-state index in [9.17, 15) is 0 Å². The van der Waals surface area contributed by atoms with Gasteiger partial charge in [0.05, 0.1) is 6.61 Å². The molecule has 0 amide bonds. The Morgan fingerprint density at radius 2 is 2.07 bits per heavy atom. The Balaban J connectivity index is 1.76. The highest BCUT2D eigenvalue weighted by Gasteiger charge is 2.13. The predicted octanol–water partition coefficient (Wildman–Crippen LogP) is 2.73. The summed E-state index contributed by atoms with van der Waals surface area (Å²) in [6.45, 7) is 1.50. The third-order valence-corrected chi connectivity index (χ3v) is 2.42. The summed E-state index contributed by atoms with van der Waals surface area (Å²) in [6, 6.07) is 10.2. The number of ether oxygens (including phenoxy) is 2. The second kappa shape index (κ2) is 5.13. The van der Waals surface area contributed by atoms with Gasteiger partial charge in [-0.3, -0.25) is 0 Å². The van der Waals surface area contributed by atoms with Crippen LogP contribution in [0, 0.1) is 0 Å². The lowest BCUT2D eigenvalue weighted by atomic mass is 10.2. The third kappa shape index (κ3) is 2.82. The molecule has 0 spiro atoms. The Bertz CT molecular complexity index is 252. The van der Waals surface area contributed by atoms with Gasteiger partial charge in [-0.2, -0.15) is 0 Å². The van der Waals surface area contributed by atoms with Crippen LogP contribution in [-0.2, 0) is 16.1 Å². The number of benzene rings is 1. The van der Waals surface area contributed by atoms with Gasteiger partial charge in [0.1, 0.15) is 0 Å². The van der Waals surface area contributed by atoms with Crippen LogP contribution in [0.4, 0.5) is 0 Å². The Kier molecular flexibility index (Phi) is 3.55. The molecule has 2 nitrogen and oxygen atoms in total. The Morgan fingerprint density at radius 3 is 2.79 bits per heavy atom. The molecule has 1 aliphatic rings. The van der Waals surface area contributed by atoms with Crippen molar-refractivity contribution in [3.63, 3.8) is 0 Å². The van der Waals surface area contributed by atoms with Crippen molar-refractivity contribution >= 4 is 0 Å². The molecular formula is C12H16O2. The first-order valence-electron chi connectivity index (χ1n) is 5.22. The van der Waals surface area contributed by atoms with Crippen molar-refractivity contribution in [3.05, 3.63) is 35.9 Å². The molecule has 1 aliphatic heterocycles. The summed E-state index contributed by atoms with van der Waals surface area (Å²) >= 11 is 0. The minimum atomic E-state index is 0.0176. The van der Waals surface area contributed by atoms with E-state index < -0.39 is 0 Å². The molecule has 0 aliphatic carbocycles. The molecule has 0 saturated carbocycles. The van der Waals surface area contributed by atoms with E-state index in [1.807, 2.05) is 18.2 Å². The van der Waals surface area contributed by atoms with Gasteiger partial charge in [0.2, 0.25) is 0 Å². The van der Waals surface area contributed by atoms with Crippen LogP contribution in [-0.4, -0.2) is 12.9 Å². The number of hydrogen-bond donors (Lipinski definition) is 0. The lowest BCUT2D eigenvalue weighted by Crippen LogP contribution is -2.21. The maximum absolute atomic E-state index is 5.65. The molecule has 1 saturated heterocycles. The average Bonchev–Trinajstić information content (AvgIpc) is 2.29. The second-order valence-corrected chi connectivity index (χ2v) is 3.59. The van der Waals surface area contributed by atoms with Crippen molar-refractivity contribution in [1.82, 2.24) is 0 Å². The fourth-order valence-electron chi connectivity index (χ4n) is 1.61. The van der Waals surface area contributed by atoms with Crippen LogP contribution in [0.3, 0.4) is 0 Å². The van der Waals surface area contributed by atoms with Crippen molar-refractivity contribution in [1.29, 1.82) is 0 Å². The Labute approximate surface area is 84.8 Å². The standard InChI is InChI=1S/C12H16O2/c1-2-6-11(7-3-1)10-14-12-8-4-5-9-13-12/h1-3,6-7,12H,4-5,8-10H2/t12-/m0/s1. The van der Waals surface area contributed by atoms with E-state index in [0.29, 0.717) is 6.61 Å². The topological polar surface area (TPSA) is 18.5 Å². The van der Waals surface area contributed by atoms with Gasteiger partial charge in [-0.1, -0.05) is 30.3 Å². The van der Waals surface area contributed by atoms with Crippen LogP contribution in [0.5, 0.6) is 0 Å². The zero-order valence-corrected chi connectivity index (χ0v) is 8.32. The first kappa shape index (κ1) is 9.69. The molecule has 76 valence electrons. The summed E-state index contributed by atoms with van der Waals surface area (Å²) < 4.78 is 11.1. The summed E-state index contributed by atoms with van der Waals surface area (Å²) in [5, 5.41) is 0. The molecule has 1 heterocycles. The quantitative estimate of drug-likeness (QED) is 0.733. The summed E-state index contributed by atoms with van der Waals surface area (Å²) in [7, 11) is 0. The Morgan fingerprint density at radius 1 is 1.21 bits per heavy atom. The van der Waals surface area contributed by atoms with E-state index in [2.05, 4.69) is 12.1 Å². The molecule has 14 heavy (non-hydrogen) atoms. The van der Waals surface area contributed by atoms with Crippen molar-refractivity contribution in [2.75, 3.05) is 6.61 Å². The highest BCUT2D eigenvalue weighted by molar-refractivity contribution is 5.13. The fourth-order valence-corrected chi connectivity index (χ4v) is 1.61. The average molecular weight is 192 g/mol. The zero-order chi connectivity index (χ0) is 9.64. The van der Waals surface area contributed by atoms with Crippen LogP contribution in [0.1, 0.15) is 24.8 Å². The van der Waals surface area contributed by atoms with Crippen LogP contribution in [0.15, 0.2) is 30.3 Å². The highest BCUT2D eigenvalue weighted by Crippen LogP contribution is 2.15. The number of hydrogen-bond acceptors (Lipinski definition) is 2. The molecule has 2 rings (SSSR count). The minimum Gasteiger partial charge on any atom is -0.353 e. The Hall–Kier alpha value is -0.860. The van der Waals surface area contributed by atoms with Gasteiger partial charge in [-0.15, -0.1) is 0 Å². The molecule has 0 radical (unpaired) electrons. The van der Waals surface area contributed by atoms with Gasteiger partial charge in [0.25, 0.3) is 0 Å². The molecule has 0 N–H and O–H groups in total.